The van der Waals surface area contributed by atoms with Crippen molar-refractivity contribution < 1.29 is 0 Å². The zero-order valence-corrected chi connectivity index (χ0v) is 10.6. The Hall–Kier alpha value is -1.30. The molecule has 0 radical (unpaired) electrons. The highest BCUT2D eigenvalue weighted by Crippen LogP contribution is 2.26. The summed E-state index contributed by atoms with van der Waals surface area (Å²) >= 11 is 9.37. The average molecular weight is 293 g/mol. The molecule has 0 amide bonds. The Morgan fingerprint density at radius 2 is 1.88 bits per heavy atom. The van der Waals surface area contributed by atoms with Gasteiger partial charge in [-0.25, -0.2) is 0 Å². The second-order valence-corrected chi connectivity index (χ2v) is 4.70. The molecular formula is C13H7BrClN. The number of benzene rings is 2. The molecule has 3 heteroatoms. The van der Waals surface area contributed by atoms with Crippen molar-refractivity contribution in [2.45, 2.75) is 0 Å². The zero-order chi connectivity index (χ0) is 11.5. The lowest BCUT2D eigenvalue weighted by atomic mass is 10.0. The van der Waals surface area contributed by atoms with Gasteiger partial charge in [-0.3, -0.25) is 0 Å². The van der Waals surface area contributed by atoms with Gasteiger partial charge >= 0.3 is 0 Å². The molecule has 0 saturated heterocycles. The molecule has 2 aromatic rings. The smallest absolute Gasteiger partial charge is 0.0992 e. The van der Waals surface area contributed by atoms with E-state index in [-0.39, 0.29) is 0 Å². The fourth-order valence-corrected chi connectivity index (χ4v) is 2.12. The van der Waals surface area contributed by atoms with Crippen LogP contribution in [0.2, 0.25) is 5.02 Å². The Balaban J connectivity index is 2.56. The van der Waals surface area contributed by atoms with Crippen LogP contribution in [-0.2, 0) is 0 Å². The molecule has 0 saturated carbocycles. The minimum atomic E-state index is 0.572. The molecule has 0 spiro atoms. The van der Waals surface area contributed by atoms with Crippen LogP contribution < -0.4 is 0 Å². The second kappa shape index (κ2) is 4.69. The summed E-state index contributed by atoms with van der Waals surface area (Å²) in [5.41, 5.74) is 2.56. The van der Waals surface area contributed by atoms with Crippen molar-refractivity contribution in [1.29, 1.82) is 5.26 Å². The van der Waals surface area contributed by atoms with Gasteiger partial charge < -0.3 is 0 Å². The summed E-state index contributed by atoms with van der Waals surface area (Å²) in [7, 11) is 0. The molecule has 0 aliphatic heterocycles. The van der Waals surface area contributed by atoms with Gasteiger partial charge in [0, 0.05) is 9.50 Å². The molecule has 0 aliphatic rings. The first-order valence-corrected chi connectivity index (χ1v) is 5.83. The van der Waals surface area contributed by atoms with Crippen molar-refractivity contribution in [3.8, 4) is 17.2 Å². The monoisotopic (exact) mass is 291 g/mol. The van der Waals surface area contributed by atoms with E-state index in [4.69, 9.17) is 16.9 Å². The maximum atomic E-state index is 8.87. The Kier molecular flexibility index (Phi) is 3.28. The van der Waals surface area contributed by atoms with E-state index in [9.17, 15) is 0 Å². The highest BCUT2D eigenvalue weighted by molar-refractivity contribution is 9.10. The summed E-state index contributed by atoms with van der Waals surface area (Å²) in [4.78, 5) is 0. The van der Waals surface area contributed by atoms with Gasteiger partial charge in [-0.2, -0.15) is 5.26 Å². The van der Waals surface area contributed by atoms with E-state index in [1.54, 1.807) is 6.07 Å². The molecule has 0 atom stereocenters. The van der Waals surface area contributed by atoms with Crippen LogP contribution in [0, 0.1) is 11.3 Å². The molecule has 1 nitrogen and oxygen atoms in total. The van der Waals surface area contributed by atoms with Gasteiger partial charge in [-0.15, -0.1) is 0 Å². The van der Waals surface area contributed by atoms with Gasteiger partial charge in [0.25, 0.3) is 0 Å². The van der Waals surface area contributed by atoms with Gasteiger partial charge in [-0.05, 0) is 41.5 Å². The molecule has 0 unspecified atom stereocenters. The first-order valence-electron chi connectivity index (χ1n) is 4.65. The molecule has 2 aromatic carbocycles. The van der Waals surface area contributed by atoms with Crippen molar-refractivity contribution in [2.24, 2.45) is 0 Å². The number of hydrogen-bond donors (Lipinski definition) is 0. The number of nitriles is 1. The molecule has 0 aliphatic carbocycles. The van der Waals surface area contributed by atoms with Crippen molar-refractivity contribution in [3.63, 3.8) is 0 Å². The normalized spacial score (nSPS) is 9.81. The average Bonchev–Trinajstić information content (AvgIpc) is 2.28. The summed E-state index contributed by atoms with van der Waals surface area (Å²) in [6.07, 6.45) is 0. The van der Waals surface area contributed by atoms with E-state index in [1.165, 1.54) is 0 Å². The van der Waals surface area contributed by atoms with Crippen molar-refractivity contribution in [1.82, 2.24) is 0 Å². The third-order valence-electron chi connectivity index (χ3n) is 2.18. The molecule has 0 aromatic heterocycles. The summed E-state index contributed by atoms with van der Waals surface area (Å²) in [6.45, 7) is 0. The maximum absolute atomic E-state index is 8.87. The van der Waals surface area contributed by atoms with E-state index < -0.39 is 0 Å². The number of halogens is 2. The van der Waals surface area contributed by atoms with Gasteiger partial charge in [-0.1, -0.05) is 39.7 Å². The van der Waals surface area contributed by atoms with Crippen LogP contribution in [0.3, 0.4) is 0 Å². The standard InChI is InChI=1S/C13H7BrClN/c14-12-3-1-2-10(6-12)11-4-9(8-16)5-13(15)7-11/h1-7H. The molecular weight excluding hydrogens is 286 g/mol. The highest BCUT2D eigenvalue weighted by Gasteiger charge is 2.02. The minimum absolute atomic E-state index is 0.572. The van der Waals surface area contributed by atoms with Gasteiger partial charge in [0.15, 0.2) is 0 Å². The molecule has 0 fully saturated rings. The SMILES string of the molecule is N#Cc1cc(Cl)cc(-c2cccc(Br)c2)c1. The molecule has 0 heterocycles. The molecule has 0 N–H and O–H groups in total. The predicted molar refractivity (Wildman–Crippen MR) is 69.3 cm³/mol. The van der Waals surface area contributed by atoms with Crippen molar-refractivity contribution in [3.05, 3.63) is 57.5 Å². The van der Waals surface area contributed by atoms with Gasteiger partial charge in [0.2, 0.25) is 0 Å². The van der Waals surface area contributed by atoms with E-state index in [0.717, 1.165) is 15.6 Å². The van der Waals surface area contributed by atoms with Crippen LogP contribution >= 0.6 is 27.5 Å². The van der Waals surface area contributed by atoms with Crippen LogP contribution in [0.1, 0.15) is 5.56 Å². The summed E-state index contributed by atoms with van der Waals surface area (Å²) in [6, 6.07) is 15.3. The second-order valence-electron chi connectivity index (χ2n) is 3.35. The predicted octanol–water partition coefficient (Wildman–Crippen LogP) is 4.64. The molecule has 2 rings (SSSR count). The third-order valence-corrected chi connectivity index (χ3v) is 2.90. The molecule has 78 valence electrons. The lowest BCUT2D eigenvalue weighted by Gasteiger charge is -2.03. The topological polar surface area (TPSA) is 23.8 Å². The largest absolute Gasteiger partial charge is 0.192 e. The van der Waals surface area contributed by atoms with Crippen LogP contribution in [0.15, 0.2) is 46.9 Å². The van der Waals surface area contributed by atoms with Crippen molar-refractivity contribution in [2.75, 3.05) is 0 Å². The van der Waals surface area contributed by atoms with E-state index in [0.29, 0.717) is 10.6 Å². The molecule has 0 bridgehead atoms. The number of hydrogen-bond acceptors (Lipinski definition) is 1. The van der Waals surface area contributed by atoms with Crippen LogP contribution in [0.5, 0.6) is 0 Å². The van der Waals surface area contributed by atoms with Crippen LogP contribution in [-0.4, -0.2) is 0 Å². The van der Waals surface area contributed by atoms with E-state index >= 15 is 0 Å². The number of nitrogens with zero attached hydrogens (tertiary/aromatic N) is 1. The minimum Gasteiger partial charge on any atom is -0.192 e. The lowest BCUT2D eigenvalue weighted by molar-refractivity contribution is 1.48. The summed E-state index contributed by atoms with van der Waals surface area (Å²) in [5, 5.41) is 9.45. The molecule has 16 heavy (non-hydrogen) atoms. The fraction of sp³-hybridized carbons (Fsp3) is 0. The van der Waals surface area contributed by atoms with Crippen LogP contribution in [0.25, 0.3) is 11.1 Å². The quantitative estimate of drug-likeness (QED) is 0.751. The summed E-state index contributed by atoms with van der Waals surface area (Å²) < 4.78 is 1.00. The summed E-state index contributed by atoms with van der Waals surface area (Å²) in [5.74, 6) is 0. The first-order chi connectivity index (χ1) is 7.69. The maximum Gasteiger partial charge on any atom is 0.0992 e. The Labute approximate surface area is 107 Å². The zero-order valence-electron chi connectivity index (χ0n) is 8.24. The number of rotatable bonds is 1. The third kappa shape index (κ3) is 2.44. The first kappa shape index (κ1) is 11.2. The van der Waals surface area contributed by atoms with Crippen LogP contribution in [0.4, 0.5) is 0 Å². The van der Waals surface area contributed by atoms with E-state index in [2.05, 4.69) is 22.0 Å². The van der Waals surface area contributed by atoms with Crippen molar-refractivity contribution >= 4 is 27.5 Å². The fourth-order valence-electron chi connectivity index (χ4n) is 1.49. The van der Waals surface area contributed by atoms with Gasteiger partial charge in [0.1, 0.15) is 0 Å². The van der Waals surface area contributed by atoms with E-state index in [1.807, 2.05) is 36.4 Å². The Morgan fingerprint density at radius 3 is 2.56 bits per heavy atom. The van der Waals surface area contributed by atoms with Gasteiger partial charge in [0.05, 0.1) is 11.6 Å². The highest BCUT2D eigenvalue weighted by atomic mass is 79.9. The lowest BCUT2D eigenvalue weighted by Crippen LogP contribution is -1.81. The Morgan fingerprint density at radius 1 is 1.06 bits per heavy atom. The Bertz CT molecular complexity index is 572.